The average molecular weight is 254 g/mol. The molecule has 1 saturated carbocycles. The first-order valence-corrected chi connectivity index (χ1v) is 7.16. The molecule has 0 bridgehead atoms. The summed E-state index contributed by atoms with van der Waals surface area (Å²) in [6, 6.07) is 0.507. The van der Waals surface area contributed by atoms with Gasteiger partial charge in [-0.15, -0.1) is 0 Å². The Morgan fingerprint density at radius 2 is 2.00 bits per heavy atom. The van der Waals surface area contributed by atoms with Gasteiger partial charge in [-0.2, -0.15) is 0 Å². The minimum Gasteiger partial charge on any atom is -0.480 e. The normalized spacial score (nSPS) is 33.1. The lowest BCUT2D eigenvalue weighted by molar-refractivity contribution is -0.147. The van der Waals surface area contributed by atoms with Gasteiger partial charge in [-0.05, 0) is 51.5 Å². The van der Waals surface area contributed by atoms with Gasteiger partial charge < -0.3 is 10.4 Å². The molecule has 1 heterocycles. The highest BCUT2D eigenvalue weighted by molar-refractivity contribution is 5.80. The summed E-state index contributed by atoms with van der Waals surface area (Å²) in [6.45, 7) is 6.17. The number of nitrogens with zero attached hydrogens (tertiary/aromatic N) is 1. The molecule has 2 N–H and O–H groups in total. The Hall–Kier alpha value is -0.610. The first-order chi connectivity index (χ1) is 8.49. The van der Waals surface area contributed by atoms with E-state index in [1.807, 2.05) is 0 Å². The molecule has 0 amide bonds. The van der Waals surface area contributed by atoms with Gasteiger partial charge in [0.25, 0.3) is 0 Å². The number of rotatable bonds is 5. The first-order valence-electron chi connectivity index (χ1n) is 7.16. The molecule has 0 spiro atoms. The molecule has 0 aromatic rings. The second-order valence-corrected chi connectivity index (χ2v) is 6.26. The number of piperidine rings is 1. The highest BCUT2D eigenvalue weighted by Crippen LogP contribution is 2.41. The molecule has 4 heteroatoms. The Morgan fingerprint density at radius 1 is 1.33 bits per heavy atom. The SMILES string of the molecule is CNC(CN1CC(C)CCC1C)(C(=O)O)C1CC1. The third-order valence-electron chi connectivity index (χ3n) is 4.80. The number of carboxylic acids is 1. The smallest absolute Gasteiger partial charge is 0.325 e. The maximum absolute atomic E-state index is 11.7. The number of carboxylic acid groups (broad SMARTS) is 1. The van der Waals surface area contributed by atoms with Crippen LogP contribution in [-0.2, 0) is 4.79 Å². The van der Waals surface area contributed by atoms with Gasteiger partial charge in [-0.1, -0.05) is 6.92 Å². The molecule has 1 aliphatic carbocycles. The summed E-state index contributed by atoms with van der Waals surface area (Å²) in [7, 11) is 1.80. The predicted molar refractivity (Wildman–Crippen MR) is 71.6 cm³/mol. The molecule has 4 nitrogen and oxygen atoms in total. The van der Waals surface area contributed by atoms with Crippen molar-refractivity contribution in [3.05, 3.63) is 0 Å². The van der Waals surface area contributed by atoms with Crippen LogP contribution < -0.4 is 5.32 Å². The van der Waals surface area contributed by atoms with Gasteiger partial charge >= 0.3 is 5.97 Å². The van der Waals surface area contributed by atoms with E-state index >= 15 is 0 Å². The van der Waals surface area contributed by atoms with E-state index in [1.54, 1.807) is 7.05 Å². The van der Waals surface area contributed by atoms with E-state index in [2.05, 4.69) is 24.1 Å². The van der Waals surface area contributed by atoms with Crippen molar-refractivity contribution in [1.82, 2.24) is 10.2 Å². The zero-order valence-corrected chi connectivity index (χ0v) is 11.8. The Labute approximate surface area is 110 Å². The standard InChI is InChI=1S/C14H26N2O2/c1-10-4-5-11(2)16(8-10)9-14(15-3,13(17)18)12-6-7-12/h10-12,15H,4-9H2,1-3H3,(H,17,18). The molecule has 1 saturated heterocycles. The predicted octanol–water partition coefficient (Wildman–Crippen LogP) is 1.56. The fraction of sp³-hybridized carbons (Fsp3) is 0.929. The minimum atomic E-state index is -0.731. The highest BCUT2D eigenvalue weighted by Gasteiger charge is 2.51. The van der Waals surface area contributed by atoms with Crippen molar-refractivity contribution in [2.75, 3.05) is 20.1 Å². The van der Waals surface area contributed by atoms with Gasteiger partial charge in [-0.3, -0.25) is 9.69 Å². The fourth-order valence-electron chi connectivity index (χ4n) is 3.26. The molecular weight excluding hydrogens is 228 g/mol. The maximum atomic E-state index is 11.7. The van der Waals surface area contributed by atoms with Crippen LogP contribution in [0.15, 0.2) is 0 Å². The summed E-state index contributed by atoms with van der Waals surface area (Å²) >= 11 is 0. The molecule has 0 aromatic heterocycles. The quantitative estimate of drug-likeness (QED) is 0.782. The van der Waals surface area contributed by atoms with Crippen LogP contribution >= 0.6 is 0 Å². The molecule has 104 valence electrons. The van der Waals surface area contributed by atoms with Crippen molar-refractivity contribution in [3.8, 4) is 0 Å². The van der Waals surface area contributed by atoms with Gasteiger partial charge in [0, 0.05) is 19.1 Å². The van der Waals surface area contributed by atoms with E-state index < -0.39 is 11.5 Å². The summed E-state index contributed by atoms with van der Waals surface area (Å²) in [5.41, 5.74) is -0.731. The molecule has 3 unspecified atom stereocenters. The van der Waals surface area contributed by atoms with Crippen LogP contribution in [0.5, 0.6) is 0 Å². The first kappa shape index (κ1) is 13.8. The highest BCUT2D eigenvalue weighted by atomic mass is 16.4. The van der Waals surface area contributed by atoms with Crippen LogP contribution in [0.3, 0.4) is 0 Å². The Bertz CT molecular complexity index is 317. The van der Waals surface area contributed by atoms with E-state index in [1.165, 1.54) is 12.8 Å². The van der Waals surface area contributed by atoms with Crippen LogP contribution in [0.4, 0.5) is 0 Å². The van der Waals surface area contributed by atoms with Crippen LogP contribution in [-0.4, -0.2) is 47.7 Å². The van der Waals surface area contributed by atoms with Crippen molar-refractivity contribution in [1.29, 1.82) is 0 Å². The van der Waals surface area contributed by atoms with Crippen LogP contribution in [0, 0.1) is 11.8 Å². The van der Waals surface area contributed by atoms with E-state index in [9.17, 15) is 9.90 Å². The number of hydrogen-bond acceptors (Lipinski definition) is 3. The van der Waals surface area contributed by atoms with E-state index in [-0.39, 0.29) is 0 Å². The molecule has 2 rings (SSSR count). The monoisotopic (exact) mass is 254 g/mol. The maximum Gasteiger partial charge on any atom is 0.325 e. The Kier molecular flexibility index (Phi) is 3.97. The molecule has 3 atom stereocenters. The van der Waals surface area contributed by atoms with Crippen molar-refractivity contribution in [3.63, 3.8) is 0 Å². The van der Waals surface area contributed by atoms with E-state index in [0.717, 1.165) is 19.4 Å². The van der Waals surface area contributed by atoms with Gasteiger partial charge in [0.15, 0.2) is 0 Å². The second kappa shape index (κ2) is 5.17. The zero-order chi connectivity index (χ0) is 13.3. The molecule has 18 heavy (non-hydrogen) atoms. The van der Waals surface area contributed by atoms with Crippen molar-refractivity contribution < 1.29 is 9.90 Å². The Morgan fingerprint density at radius 3 is 2.50 bits per heavy atom. The summed E-state index contributed by atoms with van der Waals surface area (Å²) in [5, 5.41) is 12.7. The largest absolute Gasteiger partial charge is 0.480 e. The van der Waals surface area contributed by atoms with Crippen LogP contribution in [0.25, 0.3) is 0 Å². The van der Waals surface area contributed by atoms with Crippen molar-refractivity contribution in [2.45, 2.75) is 51.1 Å². The summed E-state index contributed by atoms with van der Waals surface area (Å²) in [4.78, 5) is 14.1. The van der Waals surface area contributed by atoms with Crippen molar-refractivity contribution in [2.24, 2.45) is 11.8 Å². The molecule has 0 aromatic carbocycles. The van der Waals surface area contributed by atoms with E-state index in [0.29, 0.717) is 24.4 Å². The van der Waals surface area contributed by atoms with Gasteiger partial charge in [0.1, 0.15) is 5.54 Å². The molecular formula is C14H26N2O2. The van der Waals surface area contributed by atoms with E-state index in [4.69, 9.17) is 0 Å². The van der Waals surface area contributed by atoms with Gasteiger partial charge in [0.05, 0.1) is 0 Å². The lowest BCUT2D eigenvalue weighted by Crippen LogP contribution is -2.61. The molecule has 1 aliphatic heterocycles. The molecule has 2 fully saturated rings. The number of aliphatic carboxylic acids is 1. The Balaban J connectivity index is 2.10. The lowest BCUT2D eigenvalue weighted by atomic mass is 9.88. The van der Waals surface area contributed by atoms with Crippen LogP contribution in [0.2, 0.25) is 0 Å². The summed E-state index contributed by atoms with van der Waals surface area (Å²) in [6.07, 6.45) is 4.54. The third-order valence-corrected chi connectivity index (χ3v) is 4.80. The third kappa shape index (κ3) is 2.54. The number of likely N-dealkylation sites (tertiary alicyclic amines) is 1. The fourth-order valence-corrected chi connectivity index (χ4v) is 3.26. The number of nitrogens with one attached hydrogen (secondary N) is 1. The van der Waals surface area contributed by atoms with Gasteiger partial charge in [0.2, 0.25) is 0 Å². The number of carbonyl (C=O) groups is 1. The topological polar surface area (TPSA) is 52.6 Å². The van der Waals surface area contributed by atoms with Gasteiger partial charge in [-0.25, -0.2) is 0 Å². The molecule has 0 radical (unpaired) electrons. The average Bonchev–Trinajstić information content (AvgIpc) is 3.14. The van der Waals surface area contributed by atoms with Crippen LogP contribution in [0.1, 0.15) is 39.5 Å². The number of likely N-dealkylation sites (N-methyl/N-ethyl adjacent to an activating group) is 1. The van der Waals surface area contributed by atoms with Crippen molar-refractivity contribution >= 4 is 5.97 Å². The zero-order valence-electron chi connectivity index (χ0n) is 11.8. The second-order valence-electron chi connectivity index (χ2n) is 6.26. The summed E-state index contributed by atoms with van der Waals surface area (Å²) < 4.78 is 0. The number of hydrogen-bond donors (Lipinski definition) is 2. The molecule has 2 aliphatic rings. The lowest BCUT2D eigenvalue weighted by Gasteiger charge is -2.42. The summed E-state index contributed by atoms with van der Waals surface area (Å²) in [5.74, 6) is 0.311. The minimum absolute atomic E-state index is 0.310.